The van der Waals surface area contributed by atoms with E-state index in [-0.39, 0.29) is 17.9 Å². The summed E-state index contributed by atoms with van der Waals surface area (Å²) in [7, 11) is 7.11. The predicted molar refractivity (Wildman–Crippen MR) is 91.9 cm³/mol. The fourth-order valence-corrected chi connectivity index (χ4v) is 2.57. The molecule has 0 saturated heterocycles. The Morgan fingerprint density at radius 3 is 2.79 bits per heavy atom. The van der Waals surface area contributed by atoms with Gasteiger partial charge in [-0.05, 0) is 31.8 Å². The number of hydrogen-bond acceptors (Lipinski definition) is 5. The number of nitrogens with zero attached hydrogens (tertiary/aromatic N) is 3. The van der Waals surface area contributed by atoms with Crippen LogP contribution in [0.1, 0.15) is 24.4 Å². The van der Waals surface area contributed by atoms with Crippen molar-refractivity contribution in [1.29, 1.82) is 0 Å². The molecule has 2 amide bonds. The van der Waals surface area contributed by atoms with Crippen LogP contribution in [-0.2, 0) is 9.59 Å². The van der Waals surface area contributed by atoms with Crippen molar-refractivity contribution in [3.63, 3.8) is 0 Å². The maximum Gasteiger partial charge on any atom is 0.267 e. The zero-order chi connectivity index (χ0) is 17.7. The summed E-state index contributed by atoms with van der Waals surface area (Å²) in [5.74, 6) is 0.473. The predicted octanol–water partition coefficient (Wildman–Crippen LogP) is 1.02. The topological polar surface area (TPSA) is 74.2 Å². The van der Waals surface area contributed by atoms with E-state index in [1.807, 2.05) is 43.3 Å². The van der Waals surface area contributed by atoms with E-state index in [0.29, 0.717) is 25.1 Å². The van der Waals surface area contributed by atoms with E-state index in [0.717, 1.165) is 11.3 Å². The second-order valence-electron chi connectivity index (χ2n) is 5.93. The molecule has 24 heavy (non-hydrogen) atoms. The number of methoxy groups -OCH3 is 1. The van der Waals surface area contributed by atoms with E-state index in [1.165, 1.54) is 5.01 Å². The summed E-state index contributed by atoms with van der Waals surface area (Å²) in [4.78, 5) is 25.8. The maximum atomic E-state index is 12.3. The van der Waals surface area contributed by atoms with Gasteiger partial charge in [0.2, 0.25) is 5.91 Å². The summed E-state index contributed by atoms with van der Waals surface area (Å²) >= 11 is 0. The van der Waals surface area contributed by atoms with Gasteiger partial charge in [0.15, 0.2) is 0 Å². The van der Waals surface area contributed by atoms with Gasteiger partial charge in [-0.15, -0.1) is 0 Å². The number of rotatable bonds is 6. The zero-order valence-corrected chi connectivity index (χ0v) is 14.6. The summed E-state index contributed by atoms with van der Waals surface area (Å²) in [5.41, 5.74) is 1.44. The van der Waals surface area contributed by atoms with Gasteiger partial charge in [-0.3, -0.25) is 9.59 Å². The van der Waals surface area contributed by atoms with Crippen molar-refractivity contribution in [3.8, 4) is 5.75 Å². The molecule has 1 N–H and O–H groups in total. The lowest BCUT2D eigenvalue weighted by Gasteiger charge is -2.26. The van der Waals surface area contributed by atoms with Crippen molar-refractivity contribution < 1.29 is 14.3 Å². The highest BCUT2D eigenvalue weighted by molar-refractivity contribution is 6.39. The van der Waals surface area contributed by atoms with Crippen molar-refractivity contribution in [2.75, 3.05) is 34.8 Å². The molecule has 1 aromatic carbocycles. The van der Waals surface area contributed by atoms with Gasteiger partial charge in [0.25, 0.3) is 5.91 Å². The Morgan fingerprint density at radius 1 is 1.42 bits per heavy atom. The first-order valence-electron chi connectivity index (χ1n) is 7.85. The minimum absolute atomic E-state index is 0.00704. The second kappa shape index (κ2) is 7.92. The van der Waals surface area contributed by atoms with E-state index in [9.17, 15) is 9.59 Å². The molecule has 0 radical (unpaired) electrons. The third kappa shape index (κ3) is 4.32. The number of carbonyl (C=O) groups excluding carboxylic acids is 2. The minimum atomic E-state index is -0.232. The van der Waals surface area contributed by atoms with Gasteiger partial charge in [-0.2, -0.15) is 5.10 Å². The number of ether oxygens (including phenoxy) is 1. The lowest BCUT2D eigenvalue weighted by atomic mass is 10.1. The molecule has 0 bridgehead atoms. The van der Waals surface area contributed by atoms with Crippen molar-refractivity contribution >= 4 is 17.5 Å². The summed E-state index contributed by atoms with van der Waals surface area (Å²) < 4.78 is 5.26. The van der Waals surface area contributed by atoms with Crippen LogP contribution in [0.3, 0.4) is 0 Å². The van der Waals surface area contributed by atoms with Crippen molar-refractivity contribution in [2.24, 2.45) is 5.10 Å². The molecule has 0 aromatic heterocycles. The number of hydrazone groups is 1. The Balaban J connectivity index is 2.05. The molecule has 1 atom stereocenters. The molecule has 0 saturated carbocycles. The summed E-state index contributed by atoms with van der Waals surface area (Å²) in [6.07, 6.45) is 0.691. The van der Waals surface area contributed by atoms with Crippen molar-refractivity contribution in [1.82, 2.24) is 15.2 Å². The van der Waals surface area contributed by atoms with Crippen LogP contribution in [0.25, 0.3) is 0 Å². The highest BCUT2D eigenvalue weighted by Crippen LogP contribution is 2.22. The van der Waals surface area contributed by atoms with Crippen LogP contribution < -0.4 is 10.1 Å². The molecule has 130 valence electrons. The number of amides is 2. The number of nitrogens with one attached hydrogen (secondary N) is 1. The summed E-state index contributed by atoms with van der Waals surface area (Å²) in [6, 6.07) is 7.79. The third-order valence-corrected chi connectivity index (χ3v) is 4.03. The Labute approximate surface area is 142 Å². The van der Waals surface area contributed by atoms with Gasteiger partial charge in [0, 0.05) is 26.4 Å². The van der Waals surface area contributed by atoms with Crippen LogP contribution in [0.2, 0.25) is 0 Å². The van der Waals surface area contributed by atoms with Gasteiger partial charge in [-0.1, -0.05) is 12.1 Å². The van der Waals surface area contributed by atoms with Gasteiger partial charge in [0.1, 0.15) is 11.5 Å². The zero-order valence-electron chi connectivity index (χ0n) is 14.6. The van der Waals surface area contributed by atoms with Gasteiger partial charge >= 0.3 is 0 Å². The molecular formula is C17H24N4O3. The molecule has 0 unspecified atom stereocenters. The average Bonchev–Trinajstić information content (AvgIpc) is 2.57. The minimum Gasteiger partial charge on any atom is -0.497 e. The Kier molecular flexibility index (Phi) is 5.92. The number of likely N-dealkylation sites (N-methyl/N-ethyl adjacent to an activating group) is 1. The Hall–Kier alpha value is -2.41. The van der Waals surface area contributed by atoms with E-state index in [1.54, 1.807) is 14.2 Å². The standard InChI is InChI=1S/C17H24N4O3/c1-20(2)15(12-6-5-7-13(10-12)24-4)11-18-17(23)14-8-9-16(22)21(3)19-14/h5-7,10,15H,8-9,11H2,1-4H3,(H,18,23)/t15-/m0/s1. The molecule has 1 heterocycles. The first kappa shape index (κ1) is 17.9. The highest BCUT2D eigenvalue weighted by atomic mass is 16.5. The normalized spacial score (nSPS) is 16.0. The molecule has 0 fully saturated rings. The highest BCUT2D eigenvalue weighted by Gasteiger charge is 2.23. The van der Waals surface area contributed by atoms with Crippen LogP contribution in [-0.4, -0.2) is 62.2 Å². The van der Waals surface area contributed by atoms with Crippen LogP contribution in [0.15, 0.2) is 29.4 Å². The Bertz CT molecular complexity index is 642. The lowest BCUT2D eigenvalue weighted by molar-refractivity contribution is -0.130. The second-order valence-corrected chi connectivity index (χ2v) is 5.93. The molecule has 1 aliphatic rings. The molecule has 0 spiro atoms. The Morgan fingerprint density at radius 2 is 2.17 bits per heavy atom. The third-order valence-electron chi connectivity index (χ3n) is 4.03. The molecular weight excluding hydrogens is 308 g/mol. The monoisotopic (exact) mass is 332 g/mol. The van der Waals surface area contributed by atoms with E-state index >= 15 is 0 Å². The number of benzene rings is 1. The molecule has 0 aliphatic carbocycles. The van der Waals surface area contributed by atoms with Gasteiger partial charge in [0.05, 0.1) is 13.2 Å². The first-order chi connectivity index (χ1) is 11.4. The number of carbonyl (C=O) groups is 2. The SMILES string of the molecule is COc1cccc([C@H](CNC(=O)C2=NN(C)C(=O)CC2)N(C)C)c1. The molecule has 1 aliphatic heterocycles. The van der Waals surface area contributed by atoms with Crippen LogP contribution in [0.4, 0.5) is 0 Å². The van der Waals surface area contributed by atoms with Gasteiger partial charge in [-0.25, -0.2) is 5.01 Å². The average molecular weight is 332 g/mol. The fourth-order valence-electron chi connectivity index (χ4n) is 2.57. The van der Waals surface area contributed by atoms with Crippen molar-refractivity contribution in [2.45, 2.75) is 18.9 Å². The quantitative estimate of drug-likeness (QED) is 0.844. The van der Waals surface area contributed by atoms with E-state index < -0.39 is 0 Å². The molecule has 1 aromatic rings. The van der Waals surface area contributed by atoms with Crippen LogP contribution >= 0.6 is 0 Å². The number of hydrogen-bond donors (Lipinski definition) is 1. The van der Waals surface area contributed by atoms with E-state index in [4.69, 9.17) is 4.74 Å². The van der Waals surface area contributed by atoms with Crippen LogP contribution in [0.5, 0.6) is 5.75 Å². The molecule has 7 heteroatoms. The lowest BCUT2D eigenvalue weighted by Crippen LogP contribution is -2.41. The molecule has 7 nitrogen and oxygen atoms in total. The molecule has 2 rings (SSSR count). The van der Waals surface area contributed by atoms with E-state index in [2.05, 4.69) is 10.4 Å². The smallest absolute Gasteiger partial charge is 0.267 e. The largest absolute Gasteiger partial charge is 0.497 e. The van der Waals surface area contributed by atoms with Crippen LogP contribution in [0, 0.1) is 0 Å². The van der Waals surface area contributed by atoms with Gasteiger partial charge < -0.3 is 15.0 Å². The fraction of sp³-hybridized carbons (Fsp3) is 0.471. The summed E-state index contributed by atoms with van der Waals surface area (Å²) in [6.45, 7) is 0.440. The first-order valence-corrected chi connectivity index (χ1v) is 7.85. The summed E-state index contributed by atoms with van der Waals surface area (Å²) in [5, 5.41) is 8.18. The van der Waals surface area contributed by atoms with Crippen molar-refractivity contribution in [3.05, 3.63) is 29.8 Å². The maximum absolute atomic E-state index is 12.3.